The van der Waals surface area contributed by atoms with E-state index >= 15 is 0 Å². The topological polar surface area (TPSA) is 57.6 Å². The van der Waals surface area contributed by atoms with E-state index in [0.29, 0.717) is 29.9 Å². The van der Waals surface area contributed by atoms with Crippen molar-refractivity contribution in [3.05, 3.63) is 35.9 Å². The Bertz CT molecular complexity index is 519. The van der Waals surface area contributed by atoms with Gasteiger partial charge in [0.25, 0.3) is 5.91 Å². The molecule has 2 aliphatic heterocycles. The van der Waals surface area contributed by atoms with E-state index in [4.69, 9.17) is 0 Å². The van der Waals surface area contributed by atoms with Crippen LogP contribution in [0.4, 0.5) is 0 Å². The van der Waals surface area contributed by atoms with Gasteiger partial charge in [-0.3, -0.25) is 14.5 Å². The Labute approximate surface area is 115 Å². The predicted molar refractivity (Wildman–Crippen MR) is 72.9 cm³/mol. The fourth-order valence-electron chi connectivity index (χ4n) is 2.90. The summed E-state index contributed by atoms with van der Waals surface area (Å²) in [4.78, 5) is 26.1. The van der Waals surface area contributed by atoms with Crippen LogP contribution in [0.25, 0.3) is 0 Å². The maximum atomic E-state index is 12.6. The molecule has 4 nitrogen and oxygen atoms in total. The number of thioether (sulfide) groups is 1. The molecule has 0 aliphatic carbocycles. The van der Waals surface area contributed by atoms with Crippen LogP contribution in [0.5, 0.6) is 0 Å². The minimum absolute atomic E-state index is 0.0679. The summed E-state index contributed by atoms with van der Waals surface area (Å²) in [7, 11) is 0. The number of ketones is 1. The molecule has 0 saturated carbocycles. The highest BCUT2D eigenvalue weighted by Gasteiger charge is 2.55. The van der Waals surface area contributed by atoms with Gasteiger partial charge in [-0.25, -0.2) is 0 Å². The molecule has 2 aliphatic rings. The zero-order chi connectivity index (χ0) is 13.5. The lowest BCUT2D eigenvalue weighted by Crippen LogP contribution is -2.55. The molecule has 2 atom stereocenters. The summed E-state index contributed by atoms with van der Waals surface area (Å²) >= 11 is 1.54. The van der Waals surface area contributed by atoms with Gasteiger partial charge in [-0.1, -0.05) is 18.2 Å². The fraction of sp³-hybridized carbons (Fsp3) is 0.429. The molecule has 0 bridgehead atoms. The molecule has 1 N–H and O–H groups in total. The van der Waals surface area contributed by atoms with Gasteiger partial charge >= 0.3 is 0 Å². The Morgan fingerprint density at radius 1 is 1.37 bits per heavy atom. The van der Waals surface area contributed by atoms with Crippen molar-refractivity contribution >= 4 is 23.5 Å². The third kappa shape index (κ3) is 1.88. The zero-order valence-electron chi connectivity index (χ0n) is 10.4. The van der Waals surface area contributed by atoms with Gasteiger partial charge in [-0.2, -0.15) is 11.8 Å². The molecule has 0 unspecified atom stereocenters. The molecule has 100 valence electrons. The van der Waals surface area contributed by atoms with Crippen LogP contribution in [0.2, 0.25) is 0 Å². The van der Waals surface area contributed by atoms with E-state index in [0.717, 1.165) is 0 Å². The first kappa shape index (κ1) is 12.7. The van der Waals surface area contributed by atoms with E-state index in [9.17, 15) is 14.7 Å². The SMILES string of the molecule is O=C(c1ccccc1)N1[C@H](O)CC[C@]12CSCC2=O. The van der Waals surface area contributed by atoms with Gasteiger partial charge in [-0.15, -0.1) is 0 Å². The maximum Gasteiger partial charge on any atom is 0.256 e. The minimum atomic E-state index is -0.852. The molecule has 19 heavy (non-hydrogen) atoms. The molecule has 2 saturated heterocycles. The molecule has 0 aromatic heterocycles. The number of hydrogen-bond acceptors (Lipinski definition) is 4. The molecule has 1 spiro atoms. The Hall–Kier alpha value is -1.33. The number of hydrogen-bond donors (Lipinski definition) is 1. The Balaban J connectivity index is 1.97. The molecule has 1 aromatic rings. The quantitative estimate of drug-likeness (QED) is 0.840. The summed E-state index contributed by atoms with van der Waals surface area (Å²) < 4.78 is 0. The van der Waals surface area contributed by atoms with E-state index in [1.165, 1.54) is 4.90 Å². The monoisotopic (exact) mass is 277 g/mol. The third-order valence-corrected chi connectivity index (χ3v) is 5.06. The summed E-state index contributed by atoms with van der Waals surface area (Å²) in [6.45, 7) is 0. The van der Waals surface area contributed by atoms with Crippen molar-refractivity contribution in [2.75, 3.05) is 11.5 Å². The van der Waals surface area contributed by atoms with Crippen molar-refractivity contribution in [1.82, 2.24) is 4.90 Å². The van der Waals surface area contributed by atoms with Crippen LogP contribution in [-0.2, 0) is 4.79 Å². The number of aliphatic hydroxyl groups is 1. The van der Waals surface area contributed by atoms with Crippen molar-refractivity contribution in [3.63, 3.8) is 0 Å². The number of carbonyl (C=O) groups is 2. The fourth-order valence-corrected chi connectivity index (χ4v) is 4.23. The van der Waals surface area contributed by atoms with Crippen LogP contribution < -0.4 is 0 Å². The molecule has 5 heteroatoms. The Kier molecular flexibility index (Phi) is 3.11. The van der Waals surface area contributed by atoms with E-state index in [1.54, 1.807) is 36.0 Å². The van der Waals surface area contributed by atoms with Crippen LogP contribution in [0.1, 0.15) is 23.2 Å². The van der Waals surface area contributed by atoms with Gasteiger partial charge in [-0.05, 0) is 25.0 Å². The van der Waals surface area contributed by atoms with E-state index in [2.05, 4.69) is 0 Å². The average Bonchev–Trinajstić information content (AvgIpc) is 2.96. The summed E-state index contributed by atoms with van der Waals surface area (Å²) in [6.07, 6.45) is 0.194. The summed E-state index contributed by atoms with van der Waals surface area (Å²) in [6, 6.07) is 8.84. The van der Waals surface area contributed by atoms with Gasteiger partial charge in [0.2, 0.25) is 0 Å². The molecule has 0 radical (unpaired) electrons. The van der Waals surface area contributed by atoms with Gasteiger partial charge in [0.1, 0.15) is 11.8 Å². The van der Waals surface area contributed by atoms with Crippen molar-refractivity contribution in [2.24, 2.45) is 0 Å². The first-order chi connectivity index (χ1) is 9.15. The van der Waals surface area contributed by atoms with Crippen LogP contribution in [-0.4, -0.2) is 45.0 Å². The second kappa shape index (κ2) is 4.65. The smallest absolute Gasteiger partial charge is 0.256 e. The number of Topliss-reactive ketones (excluding diaryl/α,β-unsaturated/α-hetero) is 1. The zero-order valence-corrected chi connectivity index (χ0v) is 11.2. The molecule has 3 rings (SSSR count). The van der Waals surface area contributed by atoms with Crippen molar-refractivity contribution in [1.29, 1.82) is 0 Å². The third-order valence-electron chi connectivity index (χ3n) is 3.91. The Morgan fingerprint density at radius 2 is 2.11 bits per heavy atom. The highest BCUT2D eigenvalue weighted by atomic mass is 32.2. The van der Waals surface area contributed by atoms with Crippen LogP contribution in [0, 0.1) is 0 Å². The van der Waals surface area contributed by atoms with Crippen LogP contribution >= 0.6 is 11.8 Å². The number of nitrogens with zero attached hydrogens (tertiary/aromatic N) is 1. The number of benzene rings is 1. The van der Waals surface area contributed by atoms with E-state index < -0.39 is 11.8 Å². The summed E-state index contributed by atoms with van der Waals surface area (Å²) in [5.41, 5.74) is -0.260. The molecule has 2 fully saturated rings. The maximum absolute atomic E-state index is 12.6. The standard InChI is InChI=1S/C14H15NO3S/c16-11-8-19-9-14(11)7-6-12(17)15(14)13(18)10-4-2-1-3-5-10/h1-5,12,17H,6-9H2/t12-,14-/m1/s1. The van der Waals surface area contributed by atoms with Gasteiger partial charge in [0, 0.05) is 11.3 Å². The molecule has 2 heterocycles. The van der Waals surface area contributed by atoms with E-state index in [-0.39, 0.29) is 11.7 Å². The average molecular weight is 277 g/mol. The van der Waals surface area contributed by atoms with Crippen LogP contribution in [0.15, 0.2) is 30.3 Å². The number of aliphatic hydroxyl groups excluding tert-OH is 1. The normalized spacial score (nSPS) is 30.3. The second-order valence-electron chi connectivity index (χ2n) is 5.01. The second-order valence-corrected chi connectivity index (χ2v) is 5.99. The van der Waals surface area contributed by atoms with Crippen LogP contribution in [0.3, 0.4) is 0 Å². The first-order valence-corrected chi connectivity index (χ1v) is 7.48. The van der Waals surface area contributed by atoms with Gasteiger partial charge in [0.05, 0.1) is 5.75 Å². The van der Waals surface area contributed by atoms with E-state index in [1.807, 2.05) is 6.07 Å². The first-order valence-electron chi connectivity index (χ1n) is 6.33. The lowest BCUT2D eigenvalue weighted by Gasteiger charge is -2.34. The lowest BCUT2D eigenvalue weighted by atomic mass is 9.93. The number of likely N-dealkylation sites (tertiary alicyclic amines) is 1. The summed E-state index contributed by atoms with van der Waals surface area (Å²) in [5, 5.41) is 10.1. The van der Waals surface area contributed by atoms with Gasteiger partial charge < -0.3 is 5.11 Å². The lowest BCUT2D eigenvalue weighted by molar-refractivity contribution is -0.126. The minimum Gasteiger partial charge on any atom is -0.373 e. The Morgan fingerprint density at radius 3 is 2.74 bits per heavy atom. The molecule has 1 amide bonds. The highest BCUT2D eigenvalue weighted by Crippen LogP contribution is 2.42. The van der Waals surface area contributed by atoms with Crippen molar-refractivity contribution in [2.45, 2.75) is 24.6 Å². The molecular formula is C14H15NO3S. The van der Waals surface area contributed by atoms with Gasteiger partial charge in [0.15, 0.2) is 5.78 Å². The highest BCUT2D eigenvalue weighted by molar-refractivity contribution is 8.00. The largest absolute Gasteiger partial charge is 0.373 e. The van der Waals surface area contributed by atoms with Crippen molar-refractivity contribution in [3.8, 4) is 0 Å². The molecular weight excluding hydrogens is 262 g/mol. The number of rotatable bonds is 1. The number of amides is 1. The molecule has 1 aromatic carbocycles. The predicted octanol–water partition coefficient (Wildman–Crippen LogP) is 1.30. The van der Waals surface area contributed by atoms with Crippen molar-refractivity contribution < 1.29 is 14.7 Å². The summed E-state index contributed by atoms with van der Waals surface area (Å²) in [5.74, 6) is 0.854. The number of carbonyl (C=O) groups excluding carboxylic acids is 2.